The topological polar surface area (TPSA) is 117 Å². The molecule has 3 aromatic carbocycles. The third-order valence-electron chi connectivity index (χ3n) is 6.77. The number of fused-ring (bicyclic) bond motifs is 2. The molecule has 1 N–H and O–H groups in total. The Balaban J connectivity index is 1.55. The minimum atomic E-state index is -1.00. The number of carbonyl (C=O) groups excluding carboxylic acids is 2. The van der Waals surface area contributed by atoms with E-state index in [1.54, 1.807) is 55.6 Å². The number of Topliss-reactive ketones (excluding diaryl/α,β-unsaturated/α-hetero) is 1. The second kappa shape index (κ2) is 10.1. The van der Waals surface area contributed by atoms with Crippen LogP contribution in [0.3, 0.4) is 0 Å². The van der Waals surface area contributed by atoms with Crippen LogP contribution in [0.5, 0.6) is 28.7 Å². The van der Waals surface area contributed by atoms with Crippen molar-refractivity contribution >= 4 is 44.1 Å². The molecule has 1 atom stereocenters. The molecule has 40 heavy (non-hydrogen) atoms. The van der Waals surface area contributed by atoms with Gasteiger partial charge < -0.3 is 28.8 Å². The number of rotatable bonds is 6. The van der Waals surface area contributed by atoms with Gasteiger partial charge >= 0.3 is 5.91 Å². The van der Waals surface area contributed by atoms with Crippen molar-refractivity contribution < 1.29 is 38.4 Å². The fourth-order valence-corrected chi connectivity index (χ4v) is 5.86. The highest BCUT2D eigenvalue weighted by Gasteiger charge is 2.48. The molecule has 0 bridgehead atoms. The molecule has 2 aliphatic rings. The van der Waals surface area contributed by atoms with Gasteiger partial charge in [-0.1, -0.05) is 17.4 Å². The Labute approximate surface area is 232 Å². The molecule has 0 aliphatic carbocycles. The first-order chi connectivity index (χ1) is 19.4. The van der Waals surface area contributed by atoms with Crippen LogP contribution >= 0.6 is 11.3 Å². The van der Waals surface area contributed by atoms with E-state index in [9.17, 15) is 14.7 Å². The monoisotopic (exact) mass is 560 g/mol. The highest BCUT2D eigenvalue weighted by atomic mass is 32.1. The van der Waals surface area contributed by atoms with Crippen molar-refractivity contribution in [1.82, 2.24) is 4.98 Å². The van der Waals surface area contributed by atoms with Gasteiger partial charge in [0.25, 0.3) is 5.78 Å². The number of aromatic nitrogens is 1. The lowest BCUT2D eigenvalue weighted by molar-refractivity contribution is -0.132. The highest BCUT2D eigenvalue weighted by Crippen LogP contribution is 2.46. The lowest BCUT2D eigenvalue weighted by atomic mass is 9.95. The fourth-order valence-electron chi connectivity index (χ4n) is 4.84. The molecule has 1 unspecified atom stereocenters. The van der Waals surface area contributed by atoms with Crippen molar-refractivity contribution in [2.24, 2.45) is 0 Å². The Bertz CT molecular complexity index is 1690. The van der Waals surface area contributed by atoms with E-state index in [0.717, 1.165) is 4.70 Å². The Morgan fingerprint density at radius 1 is 0.925 bits per heavy atom. The quantitative estimate of drug-likeness (QED) is 0.203. The van der Waals surface area contributed by atoms with E-state index in [4.69, 9.17) is 23.7 Å². The van der Waals surface area contributed by atoms with Crippen molar-refractivity contribution in [2.45, 2.75) is 6.04 Å². The fraction of sp³-hybridized carbons (Fsp3) is 0.207. The standard InChI is InChI=1S/C29H24N2O8S/c1-35-17-6-7-18-23(14-17)40-29(30-18)31-25(15-4-8-19(36-2)21(12-15)37-3)24(27(33)28(31)34)26(32)16-5-9-20-22(13-16)39-11-10-38-20/h4-9,12-14,25,32H,10-11H2,1-3H3/b26-24+. The molecule has 1 amide bonds. The minimum absolute atomic E-state index is 0.0919. The largest absolute Gasteiger partial charge is 0.507 e. The van der Waals surface area contributed by atoms with Gasteiger partial charge in [0.2, 0.25) is 0 Å². The van der Waals surface area contributed by atoms with Crippen molar-refractivity contribution in [3.63, 3.8) is 0 Å². The average molecular weight is 561 g/mol. The number of thiazole rings is 1. The molecule has 0 radical (unpaired) electrons. The summed E-state index contributed by atoms with van der Waals surface area (Å²) in [5, 5.41) is 11.8. The van der Waals surface area contributed by atoms with Crippen molar-refractivity contribution in [2.75, 3.05) is 39.4 Å². The van der Waals surface area contributed by atoms with Crippen molar-refractivity contribution in [1.29, 1.82) is 0 Å². The van der Waals surface area contributed by atoms with E-state index >= 15 is 0 Å². The van der Waals surface area contributed by atoms with Crippen LogP contribution in [0, 0.1) is 0 Å². The number of nitrogens with zero attached hydrogens (tertiary/aromatic N) is 2. The zero-order chi connectivity index (χ0) is 28.0. The third kappa shape index (κ3) is 4.15. The Morgan fingerprint density at radius 2 is 1.70 bits per heavy atom. The molecule has 1 fully saturated rings. The summed E-state index contributed by atoms with van der Waals surface area (Å²) >= 11 is 1.24. The molecule has 4 aromatic rings. The number of benzene rings is 3. The number of methoxy groups -OCH3 is 3. The third-order valence-corrected chi connectivity index (χ3v) is 7.79. The Hall–Kier alpha value is -4.77. The van der Waals surface area contributed by atoms with Crippen LogP contribution < -0.4 is 28.6 Å². The zero-order valence-corrected chi connectivity index (χ0v) is 22.6. The first kappa shape index (κ1) is 25.5. The number of aliphatic hydroxyl groups is 1. The van der Waals surface area contributed by atoms with Crippen LogP contribution in [0.1, 0.15) is 17.2 Å². The van der Waals surface area contributed by atoms with Gasteiger partial charge in [-0.2, -0.15) is 0 Å². The molecule has 11 heteroatoms. The van der Waals surface area contributed by atoms with Crippen molar-refractivity contribution in [3.05, 3.63) is 71.3 Å². The summed E-state index contributed by atoms with van der Waals surface area (Å²) in [5.74, 6) is 0.479. The molecule has 204 valence electrons. The molecule has 10 nitrogen and oxygen atoms in total. The number of ether oxygens (including phenoxy) is 5. The molecule has 6 rings (SSSR count). The summed E-state index contributed by atoms with van der Waals surface area (Å²) in [7, 11) is 4.58. The predicted octanol–water partition coefficient (Wildman–Crippen LogP) is 4.72. The summed E-state index contributed by atoms with van der Waals surface area (Å²) in [4.78, 5) is 33.2. The summed E-state index contributed by atoms with van der Waals surface area (Å²) in [6.07, 6.45) is 0. The van der Waals surface area contributed by atoms with Gasteiger partial charge in [-0.05, 0) is 54.1 Å². The first-order valence-corrected chi connectivity index (χ1v) is 13.1. The van der Waals surface area contributed by atoms with Crippen LogP contribution in [0.15, 0.2) is 60.2 Å². The van der Waals surface area contributed by atoms with E-state index in [-0.39, 0.29) is 11.3 Å². The van der Waals surface area contributed by atoms with E-state index in [1.807, 2.05) is 6.07 Å². The molecule has 0 spiro atoms. The van der Waals surface area contributed by atoms with Gasteiger partial charge in [0.15, 0.2) is 28.1 Å². The summed E-state index contributed by atoms with van der Waals surface area (Å²) in [6, 6.07) is 14.3. The molecular formula is C29H24N2O8S. The van der Waals surface area contributed by atoms with Gasteiger partial charge in [0, 0.05) is 5.56 Å². The normalized spacial score (nSPS) is 17.8. The number of carbonyl (C=O) groups is 2. The smallest absolute Gasteiger partial charge is 0.301 e. The van der Waals surface area contributed by atoms with Crippen LogP contribution in [0.2, 0.25) is 0 Å². The van der Waals surface area contributed by atoms with E-state index < -0.39 is 17.7 Å². The summed E-state index contributed by atoms with van der Waals surface area (Å²) in [6.45, 7) is 0.770. The number of anilines is 1. The number of hydrogen-bond acceptors (Lipinski definition) is 10. The van der Waals surface area contributed by atoms with Gasteiger partial charge in [-0.15, -0.1) is 0 Å². The van der Waals surface area contributed by atoms with E-state index in [0.29, 0.717) is 63.7 Å². The summed E-state index contributed by atoms with van der Waals surface area (Å²) in [5.41, 5.74) is 1.38. The molecule has 2 aliphatic heterocycles. The lowest BCUT2D eigenvalue weighted by Gasteiger charge is -2.24. The minimum Gasteiger partial charge on any atom is -0.507 e. The van der Waals surface area contributed by atoms with Gasteiger partial charge in [0.05, 0.1) is 43.2 Å². The maximum atomic E-state index is 13.6. The van der Waals surface area contributed by atoms with Gasteiger partial charge in [-0.3, -0.25) is 14.5 Å². The Kier molecular flexibility index (Phi) is 6.43. The summed E-state index contributed by atoms with van der Waals surface area (Å²) < 4.78 is 28.2. The SMILES string of the molecule is COc1ccc2nc(N3C(=O)C(=O)/C(=C(/O)c4ccc5c(c4)OCCO5)C3c3ccc(OC)c(OC)c3)sc2c1. The zero-order valence-electron chi connectivity index (χ0n) is 21.8. The first-order valence-electron chi connectivity index (χ1n) is 12.3. The molecular weight excluding hydrogens is 536 g/mol. The van der Waals surface area contributed by atoms with Crippen LogP contribution in [-0.2, 0) is 9.59 Å². The lowest BCUT2D eigenvalue weighted by Crippen LogP contribution is -2.29. The van der Waals surface area contributed by atoms with Gasteiger partial charge in [0.1, 0.15) is 24.7 Å². The van der Waals surface area contributed by atoms with Crippen LogP contribution in [0.25, 0.3) is 16.0 Å². The predicted molar refractivity (Wildman–Crippen MR) is 148 cm³/mol. The van der Waals surface area contributed by atoms with E-state index in [2.05, 4.69) is 4.98 Å². The molecule has 1 aromatic heterocycles. The second-order valence-corrected chi connectivity index (χ2v) is 9.98. The second-order valence-electron chi connectivity index (χ2n) is 8.97. The number of hydrogen-bond donors (Lipinski definition) is 1. The maximum absolute atomic E-state index is 13.6. The van der Waals surface area contributed by atoms with Crippen LogP contribution in [0.4, 0.5) is 5.13 Å². The van der Waals surface area contributed by atoms with Gasteiger partial charge in [-0.25, -0.2) is 4.98 Å². The number of amides is 1. The molecule has 3 heterocycles. The average Bonchev–Trinajstić information content (AvgIpc) is 3.53. The molecule has 1 saturated heterocycles. The van der Waals surface area contributed by atoms with Crippen molar-refractivity contribution in [3.8, 4) is 28.7 Å². The Morgan fingerprint density at radius 3 is 2.45 bits per heavy atom. The highest BCUT2D eigenvalue weighted by molar-refractivity contribution is 7.22. The number of ketones is 1. The number of aliphatic hydroxyl groups excluding tert-OH is 1. The molecule has 0 saturated carbocycles. The van der Waals surface area contributed by atoms with E-state index in [1.165, 1.54) is 30.5 Å². The van der Waals surface area contributed by atoms with Crippen LogP contribution in [-0.4, -0.2) is 56.3 Å². The maximum Gasteiger partial charge on any atom is 0.301 e.